The molecule has 1 atom stereocenters. The van der Waals surface area contributed by atoms with Crippen LogP contribution in [0.25, 0.3) is 0 Å². The van der Waals surface area contributed by atoms with Crippen molar-refractivity contribution in [3.05, 3.63) is 34.6 Å². The van der Waals surface area contributed by atoms with Crippen molar-refractivity contribution in [2.45, 2.75) is 13.0 Å². The average Bonchev–Trinajstić information content (AvgIpc) is 2.49. The molecule has 1 unspecified atom stereocenters. The van der Waals surface area contributed by atoms with E-state index in [1.54, 1.807) is 17.9 Å². The molecule has 1 aliphatic rings. The number of carbonyl (C=O) groups is 1. The number of carbonyl (C=O) groups excluding carboxylic acids is 1. The molecular formula is C15H18Cl2FN3O. The third kappa shape index (κ3) is 5.38. The fraction of sp³-hybridized carbons (Fsp3) is 0.400. The van der Waals surface area contributed by atoms with Crippen LogP contribution in [0.2, 0.25) is 5.02 Å². The Labute approximate surface area is 140 Å². The van der Waals surface area contributed by atoms with Crippen LogP contribution < -0.4 is 10.6 Å². The summed E-state index contributed by atoms with van der Waals surface area (Å²) in [4.78, 5) is 13.7. The van der Waals surface area contributed by atoms with Crippen LogP contribution in [-0.2, 0) is 0 Å². The SMILES string of the molecule is CC(C#Cc1ccc(F)c(Cl)c1)NC(=O)N1CCNCC1.Cl. The van der Waals surface area contributed by atoms with Gasteiger partial charge in [0.05, 0.1) is 11.1 Å². The number of urea groups is 1. The molecule has 0 bridgehead atoms. The van der Waals surface area contributed by atoms with Crippen molar-refractivity contribution in [2.75, 3.05) is 26.2 Å². The molecule has 0 aromatic heterocycles. The molecule has 0 radical (unpaired) electrons. The van der Waals surface area contributed by atoms with Gasteiger partial charge in [0.15, 0.2) is 0 Å². The van der Waals surface area contributed by atoms with Crippen LogP contribution in [0.1, 0.15) is 12.5 Å². The fourth-order valence-electron chi connectivity index (χ4n) is 1.95. The van der Waals surface area contributed by atoms with Crippen LogP contribution in [-0.4, -0.2) is 43.2 Å². The predicted molar refractivity (Wildman–Crippen MR) is 88.0 cm³/mol. The Morgan fingerprint density at radius 2 is 2.14 bits per heavy atom. The van der Waals surface area contributed by atoms with Gasteiger partial charge in [0.2, 0.25) is 0 Å². The number of amides is 2. The molecule has 1 aliphatic heterocycles. The number of rotatable bonds is 1. The van der Waals surface area contributed by atoms with Gasteiger partial charge in [0, 0.05) is 31.7 Å². The molecule has 0 spiro atoms. The van der Waals surface area contributed by atoms with Gasteiger partial charge < -0.3 is 15.5 Å². The van der Waals surface area contributed by atoms with E-state index in [2.05, 4.69) is 22.5 Å². The van der Waals surface area contributed by atoms with Gasteiger partial charge in [0.25, 0.3) is 0 Å². The zero-order valence-electron chi connectivity index (χ0n) is 12.2. The van der Waals surface area contributed by atoms with E-state index >= 15 is 0 Å². The molecule has 1 aromatic carbocycles. The average molecular weight is 346 g/mol. The van der Waals surface area contributed by atoms with Gasteiger partial charge in [-0.1, -0.05) is 23.4 Å². The Bertz CT molecular complexity index is 580. The Morgan fingerprint density at radius 3 is 2.77 bits per heavy atom. The van der Waals surface area contributed by atoms with Gasteiger partial charge >= 0.3 is 6.03 Å². The summed E-state index contributed by atoms with van der Waals surface area (Å²) in [5, 5.41) is 6.05. The Kier molecular flexibility index (Phi) is 7.46. The maximum absolute atomic E-state index is 13.0. The molecule has 2 rings (SSSR count). The lowest BCUT2D eigenvalue weighted by Gasteiger charge is -2.28. The minimum Gasteiger partial charge on any atom is -0.325 e. The molecular weight excluding hydrogens is 328 g/mol. The van der Waals surface area contributed by atoms with Crippen LogP contribution in [0.15, 0.2) is 18.2 Å². The number of hydrogen-bond donors (Lipinski definition) is 2. The minimum atomic E-state index is -0.470. The van der Waals surface area contributed by atoms with E-state index in [4.69, 9.17) is 11.6 Å². The lowest BCUT2D eigenvalue weighted by Crippen LogP contribution is -2.51. The van der Waals surface area contributed by atoms with Gasteiger partial charge in [-0.15, -0.1) is 12.4 Å². The molecule has 1 fully saturated rings. The van der Waals surface area contributed by atoms with Gasteiger partial charge in [-0.25, -0.2) is 9.18 Å². The molecule has 2 N–H and O–H groups in total. The van der Waals surface area contributed by atoms with E-state index in [1.165, 1.54) is 12.1 Å². The Hall–Kier alpha value is -1.48. The number of halogens is 3. The monoisotopic (exact) mass is 345 g/mol. The van der Waals surface area contributed by atoms with Crippen LogP contribution in [0.3, 0.4) is 0 Å². The summed E-state index contributed by atoms with van der Waals surface area (Å²) in [6.07, 6.45) is 0. The summed E-state index contributed by atoms with van der Waals surface area (Å²) < 4.78 is 13.0. The maximum Gasteiger partial charge on any atom is 0.318 e. The first-order valence-corrected chi connectivity index (χ1v) is 7.17. The van der Waals surface area contributed by atoms with Crippen molar-refractivity contribution in [3.8, 4) is 11.8 Å². The normalized spacial score (nSPS) is 15.1. The quantitative estimate of drug-likeness (QED) is 0.767. The first kappa shape index (κ1) is 18.6. The van der Waals surface area contributed by atoms with E-state index < -0.39 is 5.82 Å². The lowest BCUT2D eigenvalue weighted by atomic mass is 10.2. The Balaban J connectivity index is 0.00000242. The number of piperazine rings is 1. The second kappa shape index (κ2) is 8.84. The second-order valence-electron chi connectivity index (χ2n) is 4.81. The van der Waals surface area contributed by atoms with Crippen LogP contribution >= 0.6 is 24.0 Å². The highest BCUT2D eigenvalue weighted by Gasteiger charge is 2.16. The third-order valence-electron chi connectivity index (χ3n) is 3.10. The van der Waals surface area contributed by atoms with Crippen LogP contribution in [0.4, 0.5) is 9.18 Å². The lowest BCUT2D eigenvalue weighted by molar-refractivity contribution is 0.189. The first-order chi connectivity index (χ1) is 10.1. The summed E-state index contributed by atoms with van der Waals surface area (Å²) >= 11 is 5.69. The van der Waals surface area contributed by atoms with Gasteiger partial charge in [-0.05, 0) is 25.1 Å². The van der Waals surface area contributed by atoms with Crippen molar-refractivity contribution in [3.63, 3.8) is 0 Å². The molecule has 2 amide bonds. The molecule has 7 heteroatoms. The van der Waals surface area contributed by atoms with E-state index in [-0.39, 0.29) is 29.5 Å². The summed E-state index contributed by atoms with van der Waals surface area (Å²) in [6.45, 7) is 4.81. The van der Waals surface area contributed by atoms with E-state index in [0.717, 1.165) is 13.1 Å². The summed E-state index contributed by atoms with van der Waals surface area (Å²) in [5.41, 5.74) is 0.615. The number of nitrogens with one attached hydrogen (secondary N) is 2. The Morgan fingerprint density at radius 1 is 1.45 bits per heavy atom. The summed E-state index contributed by atoms with van der Waals surface area (Å²) in [7, 11) is 0. The highest BCUT2D eigenvalue weighted by Crippen LogP contribution is 2.15. The fourth-order valence-corrected chi connectivity index (χ4v) is 2.13. The molecule has 1 aromatic rings. The molecule has 1 saturated heterocycles. The topological polar surface area (TPSA) is 44.4 Å². The minimum absolute atomic E-state index is 0. The number of benzene rings is 1. The smallest absolute Gasteiger partial charge is 0.318 e. The van der Waals surface area contributed by atoms with Gasteiger partial charge in [-0.3, -0.25) is 0 Å². The van der Waals surface area contributed by atoms with Gasteiger partial charge in [0.1, 0.15) is 5.82 Å². The standard InChI is InChI=1S/C15H17ClFN3O.ClH/c1-11(19-15(21)20-8-6-18-7-9-20)2-3-12-4-5-14(17)13(16)10-12;/h4-5,10-11,18H,6-9H2,1H3,(H,19,21);1H. The van der Waals surface area contributed by atoms with Crippen molar-refractivity contribution in [2.24, 2.45) is 0 Å². The molecule has 0 saturated carbocycles. The van der Waals surface area contributed by atoms with Crippen molar-refractivity contribution >= 4 is 30.0 Å². The number of hydrogen-bond acceptors (Lipinski definition) is 2. The zero-order chi connectivity index (χ0) is 15.2. The van der Waals surface area contributed by atoms with Crippen molar-refractivity contribution in [1.29, 1.82) is 0 Å². The van der Waals surface area contributed by atoms with Crippen molar-refractivity contribution in [1.82, 2.24) is 15.5 Å². The highest BCUT2D eigenvalue weighted by atomic mass is 35.5. The third-order valence-corrected chi connectivity index (χ3v) is 3.39. The summed E-state index contributed by atoms with van der Waals surface area (Å²) in [5.74, 6) is 5.31. The van der Waals surface area contributed by atoms with Crippen molar-refractivity contribution < 1.29 is 9.18 Å². The van der Waals surface area contributed by atoms with Crippen LogP contribution in [0.5, 0.6) is 0 Å². The molecule has 0 aliphatic carbocycles. The zero-order valence-corrected chi connectivity index (χ0v) is 13.7. The highest BCUT2D eigenvalue weighted by molar-refractivity contribution is 6.30. The largest absolute Gasteiger partial charge is 0.325 e. The maximum atomic E-state index is 13.0. The second-order valence-corrected chi connectivity index (χ2v) is 5.21. The van der Waals surface area contributed by atoms with Gasteiger partial charge in [-0.2, -0.15) is 0 Å². The van der Waals surface area contributed by atoms with E-state index in [1.807, 2.05) is 0 Å². The summed E-state index contributed by atoms with van der Waals surface area (Å²) in [6, 6.07) is 3.89. The van der Waals surface area contributed by atoms with E-state index in [9.17, 15) is 9.18 Å². The predicted octanol–water partition coefficient (Wildman–Crippen LogP) is 2.26. The molecule has 1 heterocycles. The first-order valence-electron chi connectivity index (χ1n) is 6.79. The number of nitrogens with zero attached hydrogens (tertiary/aromatic N) is 1. The van der Waals surface area contributed by atoms with Crippen LogP contribution in [0, 0.1) is 17.7 Å². The van der Waals surface area contributed by atoms with E-state index in [0.29, 0.717) is 18.7 Å². The molecule has 22 heavy (non-hydrogen) atoms. The molecule has 4 nitrogen and oxygen atoms in total. The molecule has 120 valence electrons.